The van der Waals surface area contributed by atoms with Crippen LogP contribution in [0, 0.1) is 0 Å². The minimum absolute atomic E-state index is 1.25. The summed E-state index contributed by atoms with van der Waals surface area (Å²) in [6, 6.07) is 10.3. The van der Waals surface area contributed by atoms with E-state index < -0.39 is 0 Å². The van der Waals surface area contributed by atoms with E-state index in [9.17, 15) is 0 Å². The van der Waals surface area contributed by atoms with E-state index >= 15 is 0 Å². The second-order valence-electron chi connectivity index (χ2n) is 2.62. The Hall–Kier alpha value is -1.04. The first-order valence-electron chi connectivity index (χ1n) is 5.52. The fourth-order valence-corrected chi connectivity index (χ4v) is 0.757. The van der Waals surface area contributed by atoms with Gasteiger partial charge < -0.3 is 0 Å². The van der Waals surface area contributed by atoms with E-state index in [0.29, 0.717) is 0 Å². The SMILES string of the molecule is C/C=C/c1ccccc1.CC.CCC. The monoisotopic (exact) mass is 192 g/mol. The van der Waals surface area contributed by atoms with Gasteiger partial charge in [-0.25, -0.2) is 0 Å². The van der Waals surface area contributed by atoms with Gasteiger partial charge in [-0.2, -0.15) is 0 Å². The molecule has 0 spiro atoms. The van der Waals surface area contributed by atoms with Crippen LogP contribution in [0.15, 0.2) is 36.4 Å². The van der Waals surface area contributed by atoms with Gasteiger partial charge in [0.25, 0.3) is 0 Å². The van der Waals surface area contributed by atoms with Gasteiger partial charge in [0.15, 0.2) is 0 Å². The van der Waals surface area contributed by atoms with Crippen molar-refractivity contribution in [2.24, 2.45) is 0 Å². The second-order valence-corrected chi connectivity index (χ2v) is 2.62. The summed E-state index contributed by atoms with van der Waals surface area (Å²) in [4.78, 5) is 0. The van der Waals surface area contributed by atoms with Crippen molar-refractivity contribution in [2.45, 2.75) is 41.0 Å². The summed E-state index contributed by atoms with van der Waals surface area (Å²) < 4.78 is 0. The molecule has 1 aromatic carbocycles. The second kappa shape index (κ2) is 14.5. The lowest BCUT2D eigenvalue weighted by molar-refractivity contribution is 1.09. The average molecular weight is 192 g/mol. The Morgan fingerprint density at radius 1 is 1.00 bits per heavy atom. The molecule has 0 saturated carbocycles. The van der Waals surface area contributed by atoms with E-state index in [1.165, 1.54) is 12.0 Å². The average Bonchev–Trinajstić information content (AvgIpc) is 2.24. The molecule has 0 heteroatoms. The smallest absolute Gasteiger partial charge is 0.0260 e. The highest BCUT2D eigenvalue weighted by Crippen LogP contribution is 1.99. The van der Waals surface area contributed by atoms with Crippen molar-refractivity contribution in [3.63, 3.8) is 0 Å². The van der Waals surface area contributed by atoms with Gasteiger partial charge in [0.1, 0.15) is 0 Å². The molecule has 14 heavy (non-hydrogen) atoms. The highest BCUT2D eigenvalue weighted by molar-refractivity contribution is 5.47. The molecule has 0 aliphatic carbocycles. The third-order valence-corrected chi connectivity index (χ3v) is 1.16. The third-order valence-electron chi connectivity index (χ3n) is 1.16. The fourth-order valence-electron chi connectivity index (χ4n) is 0.757. The summed E-state index contributed by atoms with van der Waals surface area (Å²) in [6.07, 6.45) is 5.37. The van der Waals surface area contributed by atoms with Crippen LogP contribution >= 0.6 is 0 Å². The van der Waals surface area contributed by atoms with E-state index in [2.05, 4.69) is 32.1 Å². The molecule has 0 atom stereocenters. The summed E-state index contributed by atoms with van der Waals surface area (Å²) >= 11 is 0. The van der Waals surface area contributed by atoms with Crippen LogP contribution in [0.2, 0.25) is 0 Å². The van der Waals surface area contributed by atoms with Gasteiger partial charge in [0, 0.05) is 0 Å². The zero-order valence-electron chi connectivity index (χ0n) is 10.2. The van der Waals surface area contributed by atoms with E-state index in [-0.39, 0.29) is 0 Å². The van der Waals surface area contributed by atoms with Gasteiger partial charge >= 0.3 is 0 Å². The van der Waals surface area contributed by atoms with Crippen LogP contribution in [0.1, 0.15) is 46.6 Å². The zero-order valence-corrected chi connectivity index (χ0v) is 10.2. The van der Waals surface area contributed by atoms with E-state index in [0.717, 1.165) is 0 Å². The minimum atomic E-state index is 1.25. The number of benzene rings is 1. The van der Waals surface area contributed by atoms with Gasteiger partial charge in [0.05, 0.1) is 0 Å². The standard InChI is InChI=1S/C9H10.C3H8.C2H6/c1-2-6-9-7-4-3-5-8-9;1-3-2;1-2/h2-8H,1H3;3H2,1-2H3;1-2H3/b6-2+;;. The van der Waals surface area contributed by atoms with Gasteiger partial charge in [-0.3, -0.25) is 0 Å². The number of hydrogen-bond acceptors (Lipinski definition) is 0. The first kappa shape index (κ1) is 15.4. The molecular formula is C14H24. The molecule has 1 aromatic rings. The molecule has 0 heterocycles. The molecule has 0 amide bonds. The molecule has 0 N–H and O–H groups in total. The Morgan fingerprint density at radius 2 is 1.43 bits per heavy atom. The minimum Gasteiger partial charge on any atom is -0.0871 e. The van der Waals surface area contributed by atoms with Crippen molar-refractivity contribution in [3.8, 4) is 0 Å². The molecular weight excluding hydrogens is 168 g/mol. The van der Waals surface area contributed by atoms with Crippen LogP contribution in [0.5, 0.6) is 0 Å². The molecule has 1 rings (SSSR count). The highest BCUT2D eigenvalue weighted by Gasteiger charge is 1.77. The maximum atomic E-state index is 2.12. The lowest BCUT2D eigenvalue weighted by Gasteiger charge is -1.86. The summed E-state index contributed by atoms with van der Waals surface area (Å²) in [6.45, 7) is 10.3. The molecule has 0 aliphatic heterocycles. The largest absolute Gasteiger partial charge is 0.0871 e. The maximum Gasteiger partial charge on any atom is -0.0260 e. The predicted molar refractivity (Wildman–Crippen MR) is 68.5 cm³/mol. The molecule has 0 nitrogen and oxygen atoms in total. The van der Waals surface area contributed by atoms with Crippen LogP contribution in [0.25, 0.3) is 6.08 Å². The van der Waals surface area contributed by atoms with Crippen molar-refractivity contribution < 1.29 is 0 Å². The number of hydrogen-bond donors (Lipinski definition) is 0. The summed E-state index contributed by atoms with van der Waals surface area (Å²) in [5.41, 5.74) is 1.26. The Morgan fingerprint density at radius 3 is 1.79 bits per heavy atom. The Bertz CT molecular complexity index is 197. The van der Waals surface area contributed by atoms with Crippen molar-refractivity contribution in [2.75, 3.05) is 0 Å². The Kier molecular flexibility index (Phi) is 16.0. The molecule has 0 aliphatic rings. The van der Waals surface area contributed by atoms with Crippen molar-refractivity contribution in [1.82, 2.24) is 0 Å². The maximum absolute atomic E-state index is 2.12. The zero-order chi connectivity index (χ0) is 11.2. The lowest BCUT2D eigenvalue weighted by atomic mass is 10.2. The Balaban J connectivity index is 0. The normalized spacial score (nSPS) is 8.36. The summed E-state index contributed by atoms with van der Waals surface area (Å²) in [7, 11) is 0. The van der Waals surface area contributed by atoms with Crippen LogP contribution in [-0.4, -0.2) is 0 Å². The van der Waals surface area contributed by atoms with E-state index in [4.69, 9.17) is 0 Å². The highest BCUT2D eigenvalue weighted by atomic mass is 13.8. The topological polar surface area (TPSA) is 0 Å². The molecule has 0 fully saturated rings. The molecule has 0 saturated heterocycles. The van der Waals surface area contributed by atoms with Gasteiger partial charge in [0.2, 0.25) is 0 Å². The number of rotatable bonds is 1. The first-order valence-corrected chi connectivity index (χ1v) is 5.52. The fraction of sp³-hybridized carbons (Fsp3) is 0.429. The lowest BCUT2D eigenvalue weighted by Crippen LogP contribution is -1.65. The summed E-state index contributed by atoms with van der Waals surface area (Å²) in [5.74, 6) is 0. The predicted octanol–water partition coefficient (Wildman–Crippen LogP) is 5.16. The van der Waals surface area contributed by atoms with Crippen molar-refractivity contribution in [1.29, 1.82) is 0 Å². The quantitative estimate of drug-likeness (QED) is 0.576. The first-order chi connectivity index (χ1) is 6.85. The van der Waals surface area contributed by atoms with Gasteiger partial charge in [-0.15, -0.1) is 0 Å². The van der Waals surface area contributed by atoms with E-state index in [1.54, 1.807) is 0 Å². The van der Waals surface area contributed by atoms with Crippen LogP contribution < -0.4 is 0 Å². The van der Waals surface area contributed by atoms with Crippen LogP contribution in [-0.2, 0) is 0 Å². The van der Waals surface area contributed by atoms with Gasteiger partial charge in [-0.1, -0.05) is 76.6 Å². The van der Waals surface area contributed by atoms with Crippen LogP contribution in [0.4, 0.5) is 0 Å². The molecule has 0 unspecified atom stereocenters. The van der Waals surface area contributed by atoms with E-state index in [1.807, 2.05) is 45.0 Å². The molecule has 0 aromatic heterocycles. The molecule has 0 bridgehead atoms. The molecule has 0 radical (unpaired) electrons. The summed E-state index contributed by atoms with van der Waals surface area (Å²) in [5, 5.41) is 0. The third kappa shape index (κ3) is 11.0. The van der Waals surface area contributed by atoms with Gasteiger partial charge in [-0.05, 0) is 12.5 Å². The van der Waals surface area contributed by atoms with Crippen molar-refractivity contribution >= 4 is 6.08 Å². The Labute approximate surface area is 89.7 Å². The van der Waals surface area contributed by atoms with Crippen LogP contribution in [0.3, 0.4) is 0 Å². The number of allylic oxidation sites excluding steroid dienone is 1. The molecule has 80 valence electrons. The van der Waals surface area contributed by atoms with Crippen molar-refractivity contribution in [3.05, 3.63) is 42.0 Å².